The van der Waals surface area contributed by atoms with Gasteiger partial charge in [-0.2, -0.15) is 4.31 Å². The lowest BCUT2D eigenvalue weighted by atomic mass is 10.0. The van der Waals surface area contributed by atoms with Crippen molar-refractivity contribution in [2.45, 2.75) is 43.2 Å². The fourth-order valence-electron chi connectivity index (χ4n) is 3.60. The summed E-state index contributed by atoms with van der Waals surface area (Å²) in [5.74, 6) is 0.228. The van der Waals surface area contributed by atoms with E-state index in [0.29, 0.717) is 24.4 Å². The van der Waals surface area contributed by atoms with Crippen LogP contribution in [0, 0.1) is 0 Å². The Balaban J connectivity index is 1.72. The maximum Gasteiger partial charge on any atom is 0.268 e. The molecule has 9 heteroatoms. The van der Waals surface area contributed by atoms with Gasteiger partial charge < -0.3 is 19.7 Å². The van der Waals surface area contributed by atoms with E-state index in [2.05, 4.69) is 5.32 Å². The zero-order valence-corrected chi connectivity index (χ0v) is 18.4. The molecule has 0 radical (unpaired) electrons. The molecule has 164 valence electrons. The van der Waals surface area contributed by atoms with Gasteiger partial charge in [-0.05, 0) is 43.5 Å². The van der Waals surface area contributed by atoms with Gasteiger partial charge in [-0.15, -0.1) is 0 Å². The average molecular weight is 436 g/mol. The fraction of sp³-hybridized carbons (Fsp3) is 0.476. The third-order valence-corrected chi connectivity index (χ3v) is 7.32. The summed E-state index contributed by atoms with van der Waals surface area (Å²) in [7, 11) is -0.423. The van der Waals surface area contributed by atoms with E-state index in [1.54, 1.807) is 45.3 Å². The van der Waals surface area contributed by atoms with Crippen molar-refractivity contribution < 1.29 is 23.1 Å². The number of sulfonamides is 1. The molecule has 0 spiro atoms. The Morgan fingerprint density at radius 2 is 1.80 bits per heavy atom. The molecule has 0 unspecified atom stereocenters. The van der Waals surface area contributed by atoms with Crippen molar-refractivity contribution >= 4 is 15.9 Å². The van der Waals surface area contributed by atoms with Gasteiger partial charge in [-0.3, -0.25) is 4.79 Å². The summed E-state index contributed by atoms with van der Waals surface area (Å²) in [6.45, 7) is 2.70. The van der Waals surface area contributed by atoms with Crippen LogP contribution in [0.25, 0.3) is 0 Å². The summed E-state index contributed by atoms with van der Waals surface area (Å²) in [5, 5.41) is 13.3. The maximum atomic E-state index is 12.9. The minimum Gasteiger partial charge on any atom is -0.497 e. The van der Waals surface area contributed by atoms with Gasteiger partial charge in [-0.1, -0.05) is 18.6 Å². The molecule has 0 aliphatic carbocycles. The molecule has 1 aliphatic heterocycles. The van der Waals surface area contributed by atoms with Crippen LogP contribution in [0.15, 0.2) is 41.4 Å². The number of rotatable bonds is 7. The van der Waals surface area contributed by atoms with Crippen LogP contribution in [0.4, 0.5) is 0 Å². The van der Waals surface area contributed by atoms with E-state index >= 15 is 0 Å². The van der Waals surface area contributed by atoms with Gasteiger partial charge in [0.05, 0.1) is 19.3 Å². The van der Waals surface area contributed by atoms with Crippen LogP contribution in [0.2, 0.25) is 0 Å². The zero-order chi connectivity index (χ0) is 21.9. The summed E-state index contributed by atoms with van der Waals surface area (Å²) in [5.41, 5.74) is 0.864. The lowest BCUT2D eigenvalue weighted by molar-refractivity contribution is 0.0844. The first kappa shape index (κ1) is 22.3. The summed E-state index contributed by atoms with van der Waals surface area (Å²) >= 11 is 0. The molecule has 1 fully saturated rings. The van der Waals surface area contributed by atoms with Crippen molar-refractivity contribution in [2.75, 3.05) is 20.2 Å². The Kier molecular flexibility index (Phi) is 6.84. The second kappa shape index (κ2) is 9.20. The first-order valence-electron chi connectivity index (χ1n) is 10.0. The minimum atomic E-state index is -3.62. The van der Waals surface area contributed by atoms with E-state index in [1.807, 2.05) is 0 Å². The van der Waals surface area contributed by atoms with Gasteiger partial charge in [0, 0.05) is 26.3 Å². The van der Waals surface area contributed by atoms with Gasteiger partial charge in [0.2, 0.25) is 10.0 Å². The Morgan fingerprint density at radius 3 is 2.40 bits per heavy atom. The molecular formula is C21H29N3O5S. The largest absolute Gasteiger partial charge is 0.497 e. The van der Waals surface area contributed by atoms with E-state index in [-0.39, 0.29) is 10.6 Å². The van der Waals surface area contributed by atoms with Crippen LogP contribution in [-0.2, 0) is 17.1 Å². The first-order chi connectivity index (χ1) is 14.2. The zero-order valence-electron chi connectivity index (χ0n) is 17.5. The van der Waals surface area contributed by atoms with Gasteiger partial charge >= 0.3 is 0 Å². The second-order valence-electron chi connectivity index (χ2n) is 7.62. The molecule has 0 saturated carbocycles. The van der Waals surface area contributed by atoms with Gasteiger partial charge in [0.15, 0.2) is 0 Å². The highest BCUT2D eigenvalue weighted by Crippen LogP contribution is 2.23. The van der Waals surface area contributed by atoms with Crippen LogP contribution in [0.5, 0.6) is 5.75 Å². The van der Waals surface area contributed by atoms with Crippen LogP contribution >= 0.6 is 0 Å². The van der Waals surface area contributed by atoms with Crippen molar-refractivity contribution in [2.24, 2.45) is 7.05 Å². The number of aliphatic hydroxyl groups is 1. The Hall–Kier alpha value is -2.36. The van der Waals surface area contributed by atoms with E-state index < -0.39 is 28.1 Å². The van der Waals surface area contributed by atoms with Crippen LogP contribution in [0.1, 0.15) is 48.3 Å². The number of nitrogens with one attached hydrogen (secondary N) is 1. The molecule has 2 heterocycles. The van der Waals surface area contributed by atoms with Crippen LogP contribution in [0.3, 0.4) is 0 Å². The highest BCUT2D eigenvalue weighted by Gasteiger charge is 2.29. The van der Waals surface area contributed by atoms with Gasteiger partial charge in [-0.25, -0.2) is 8.42 Å². The van der Waals surface area contributed by atoms with E-state index in [1.165, 1.54) is 21.1 Å². The SMILES string of the molecule is COc1ccc([C@H](O)[C@H](C)NC(=O)c2cc(S(=O)(=O)N3CCCCC3)cn2C)cc1. The molecule has 3 rings (SSSR count). The third-order valence-electron chi connectivity index (χ3n) is 5.45. The van der Waals surface area contributed by atoms with Crippen LogP contribution in [-0.4, -0.2) is 54.5 Å². The number of amides is 1. The molecule has 30 heavy (non-hydrogen) atoms. The molecule has 1 saturated heterocycles. The van der Waals surface area contributed by atoms with Gasteiger partial charge in [0.1, 0.15) is 16.3 Å². The number of aromatic nitrogens is 1. The summed E-state index contributed by atoms with van der Waals surface area (Å²) in [4.78, 5) is 12.9. The molecule has 0 bridgehead atoms. The Labute approximate surface area is 177 Å². The van der Waals surface area contributed by atoms with E-state index in [4.69, 9.17) is 4.74 Å². The Morgan fingerprint density at radius 1 is 1.17 bits per heavy atom. The average Bonchev–Trinajstić information content (AvgIpc) is 3.16. The molecule has 1 amide bonds. The number of aryl methyl sites for hydroxylation is 1. The number of piperidine rings is 1. The highest BCUT2D eigenvalue weighted by atomic mass is 32.2. The Bertz CT molecular complexity index is 979. The van der Waals surface area contributed by atoms with E-state index in [0.717, 1.165) is 19.3 Å². The maximum absolute atomic E-state index is 12.9. The third kappa shape index (κ3) is 4.69. The number of methoxy groups -OCH3 is 1. The second-order valence-corrected chi connectivity index (χ2v) is 9.55. The number of hydrogen-bond acceptors (Lipinski definition) is 5. The molecule has 2 N–H and O–H groups in total. The minimum absolute atomic E-state index is 0.111. The van der Waals surface area contributed by atoms with Crippen molar-refractivity contribution in [1.82, 2.24) is 14.2 Å². The quantitative estimate of drug-likeness (QED) is 0.693. The lowest BCUT2D eigenvalue weighted by Gasteiger charge is -2.25. The van der Waals surface area contributed by atoms with E-state index in [9.17, 15) is 18.3 Å². The first-order valence-corrected chi connectivity index (χ1v) is 11.5. The van der Waals surface area contributed by atoms with Crippen LogP contribution < -0.4 is 10.1 Å². The molecule has 1 aliphatic rings. The number of hydrogen-bond donors (Lipinski definition) is 2. The molecule has 1 aromatic carbocycles. The monoisotopic (exact) mass is 435 g/mol. The molecular weight excluding hydrogens is 406 g/mol. The summed E-state index contributed by atoms with van der Waals surface area (Å²) in [6, 6.07) is 7.76. The molecule has 8 nitrogen and oxygen atoms in total. The highest BCUT2D eigenvalue weighted by molar-refractivity contribution is 7.89. The van der Waals surface area contributed by atoms with Crippen molar-refractivity contribution in [1.29, 1.82) is 0 Å². The predicted octanol–water partition coefficient (Wildman–Crippen LogP) is 2.06. The summed E-state index contributed by atoms with van der Waals surface area (Å²) < 4.78 is 33.8. The molecule has 1 aromatic heterocycles. The van der Waals surface area contributed by atoms with Crippen molar-refractivity contribution in [3.8, 4) is 5.75 Å². The fourth-order valence-corrected chi connectivity index (χ4v) is 5.19. The summed E-state index contributed by atoms with van der Waals surface area (Å²) in [6.07, 6.45) is 3.27. The number of ether oxygens (including phenoxy) is 1. The number of carbonyl (C=O) groups excluding carboxylic acids is 1. The smallest absolute Gasteiger partial charge is 0.268 e. The number of aliphatic hydroxyl groups excluding tert-OH is 1. The standard InChI is InChI=1S/C21H29N3O5S/c1-15(20(25)16-7-9-17(29-3)10-8-16)22-21(26)19-13-18(14-23(19)2)30(27,28)24-11-5-4-6-12-24/h7-10,13-15,20,25H,4-6,11-12H2,1-3H3,(H,22,26)/t15-,20+/m0/s1. The molecule has 2 aromatic rings. The van der Waals surface area contributed by atoms with Crippen molar-refractivity contribution in [3.63, 3.8) is 0 Å². The lowest BCUT2D eigenvalue weighted by Crippen LogP contribution is -2.37. The van der Waals surface area contributed by atoms with Crippen molar-refractivity contribution in [3.05, 3.63) is 47.8 Å². The normalized spacial score (nSPS) is 17.3. The number of nitrogens with zero attached hydrogens (tertiary/aromatic N) is 2. The van der Waals surface area contributed by atoms with Gasteiger partial charge in [0.25, 0.3) is 5.91 Å². The number of carbonyl (C=O) groups is 1. The molecule has 2 atom stereocenters. The predicted molar refractivity (Wildman–Crippen MR) is 113 cm³/mol. The number of benzene rings is 1. The topological polar surface area (TPSA) is 101 Å².